The normalized spacial score (nSPS) is 19.8. The molecule has 0 radical (unpaired) electrons. The van der Waals surface area contributed by atoms with Crippen LogP contribution in [0, 0.1) is 0 Å². The van der Waals surface area contributed by atoms with Crippen molar-refractivity contribution in [2.45, 2.75) is 82.3 Å². The molecule has 2 aliphatic carbocycles. The molecule has 0 unspecified atom stereocenters. The van der Waals surface area contributed by atoms with E-state index >= 15 is 0 Å². The molecule has 1 aromatic rings. The van der Waals surface area contributed by atoms with Crippen LogP contribution < -0.4 is 5.32 Å². The van der Waals surface area contributed by atoms with Gasteiger partial charge >= 0.3 is 0 Å². The number of rotatable bonds is 6. The first-order valence-electron chi connectivity index (χ1n) is 10.5. The zero-order valence-corrected chi connectivity index (χ0v) is 17.9. The van der Waals surface area contributed by atoms with Gasteiger partial charge in [-0.05, 0) is 43.4 Å². The summed E-state index contributed by atoms with van der Waals surface area (Å²) < 4.78 is 0. The Kier molecular flexibility index (Phi) is 8.04. The fourth-order valence-corrected chi connectivity index (χ4v) is 4.86. The molecular weight excluding hydrogens is 395 g/mol. The molecule has 2 fully saturated rings. The molecule has 0 saturated heterocycles. The summed E-state index contributed by atoms with van der Waals surface area (Å²) in [5.41, 5.74) is 0.793. The van der Waals surface area contributed by atoms with E-state index in [-0.39, 0.29) is 29.8 Å². The Morgan fingerprint density at radius 3 is 2.11 bits per heavy atom. The zero-order chi connectivity index (χ0) is 19.9. The number of carbonyl (C=O) groups is 2. The lowest BCUT2D eigenvalue weighted by Crippen LogP contribution is -2.51. The minimum Gasteiger partial charge on any atom is -0.351 e. The van der Waals surface area contributed by atoms with Crippen LogP contribution in [0.25, 0.3) is 0 Å². The Morgan fingerprint density at radius 2 is 1.54 bits per heavy atom. The number of benzene rings is 1. The Bertz CT molecular complexity index is 653. The summed E-state index contributed by atoms with van der Waals surface area (Å²) in [4.78, 5) is 28.1. The number of nitrogens with one attached hydrogen (secondary N) is 1. The van der Waals surface area contributed by atoms with E-state index in [0.29, 0.717) is 5.02 Å². The van der Waals surface area contributed by atoms with Crippen LogP contribution in [0.2, 0.25) is 5.02 Å². The van der Waals surface area contributed by atoms with Gasteiger partial charge in [-0.1, -0.05) is 62.3 Å². The smallest absolute Gasteiger partial charge is 0.247 e. The predicted molar refractivity (Wildman–Crippen MR) is 114 cm³/mol. The van der Waals surface area contributed by atoms with E-state index in [1.54, 1.807) is 17.0 Å². The first-order chi connectivity index (χ1) is 13.6. The Labute approximate surface area is 177 Å². The molecule has 3 rings (SSSR count). The highest BCUT2D eigenvalue weighted by molar-refractivity contribution is 6.30. The van der Waals surface area contributed by atoms with Gasteiger partial charge in [0.2, 0.25) is 11.8 Å². The number of hydrogen-bond donors (Lipinski definition) is 1. The van der Waals surface area contributed by atoms with Gasteiger partial charge in [0.05, 0.1) is 0 Å². The number of amides is 2. The second kappa shape index (κ2) is 10.5. The fourth-order valence-electron chi connectivity index (χ4n) is 4.60. The van der Waals surface area contributed by atoms with Crippen molar-refractivity contribution in [2.24, 2.45) is 0 Å². The van der Waals surface area contributed by atoms with Crippen molar-refractivity contribution in [1.82, 2.24) is 10.2 Å². The van der Waals surface area contributed by atoms with Crippen molar-refractivity contribution in [1.29, 1.82) is 0 Å². The molecule has 2 aliphatic rings. The number of alkyl halides is 1. The minimum absolute atomic E-state index is 0.0535. The van der Waals surface area contributed by atoms with Crippen LogP contribution in [0.3, 0.4) is 0 Å². The highest BCUT2D eigenvalue weighted by Gasteiger charge is 2.37. The van der Waals surface area contributed by atoms with Crippen LogP contribution in [0.4, 0.5) is 0 Å². The van der Waals surface area contributed by atoms with Crippen molar-refractivity contribution < 1.29 is 9.59 Å². The van der Waals surface area contributed by atoms with Crippen LogP contribution in [0.1, 0.15) is 75.8 Å². The SMILES string of the molecule is O=C(NC1CCCCC1)[C@H](c1ccc(Cl)cc1)N(C(=O)CCl)C1CCCCC1. The lowest BCUT2D eigenvalue weighted by molar-refractivity contribution is -0.143. The second-order valence-corrected chi connectivity index (χ2v) is 8.73. The molecule has 2 amide bonds. The van der Waals surface area contributed by atoms with Gasteiger partial charge in [-0.2, -0.15) is 0 Å². The van der Waals surface area contributed by atoms with Crippen molar-refractivity contribution >= 4 is 35.0 Å². The summed E-state index contributed by atoms with van der Waals surface area (Å²) >= 11 is 12.0. The molecule has 1 N–H and O–H groups in total. The van der Waals surface area contributed by atoms with Gasteiger partial charge in [0.1, 0.15) is 11.9 Å². The third-order valence-electron chi connectivity index (χ3n) is 6.03. The maximum absolute atomic E-state index is 13.4. The van der Waals surface area contributed by atoms with Gasteiger partial charge in [0, 0.05) is 17.1 Å². The third kappa shape index (κ3) is 5.42. The first kappa shape index (κ1) is 21.4. The van der Waals surface area contributed by atoms with E-state index in [1.807, 2.05) is 12.1 Å². The molecule has 28 heavy (non-hydrogen) atoms. The highest BCUT2D eigenvalue weighted by Crippen LogP contribution is 2.32. The van der Waals surface area contributed by atoms with Crippen molar-refractivity contribution in [3.8, 4) is 0 Å². The van der Waals surface area contributed by atoms with E-state index in [1.165, 1.54) is 12.8 Å². The molecule has 0 aromatic heterocycles. The lowest BCUT2D eigenvalue weighted by Gasteiger charge is -2.40. The number of nitrogens with zero attached hydrogens (tertiary/aromatic N) is 1. The van der Waals surface area contributed by atoms with Crippen molar-refractivity contribution in [2.75, 3.05) is 5.88 Å². The second-order valence-electron chi connectivity index (χ2n) is 8.02. The summed E-state index contributed by atoms with van der Waals surface area (Å²) in [5, 5.41) is 3.84. The van der Waals surface area contributed by atoms with E-state index in [0.717, 1.165) is 56.9 Å². The van der Waals surface area contributed by atoms with Gasteiger partial charge in [-0.3, -0.25) is 9.59 Å². The lowest BCUT2D eigenvalue weighted by atomic mass is 9.91. The van der Waals surface area contributed by atoms with Gasteiger partial charge in [0.15, 0.2) is 0 Å². The summed E-state index contributed by atoms with van der Waals surface area (Å²) in [6, 6.07) is 6.85. The molecule has 154 valence electrons. The van der Waals surface area contributed by atoms with Crippen LogP contribution in [-0.2, 0) is 9.59 Å². The Hall–Kier alpha value is -1.26. The molecule has 0 bridgehead atoms. The molecule has 6 heteroatoms. The molecule has 1 aromatic carbocycles. The monoisotopic (exact) mass is 424 g/mol. The van der Waals surface area contributed by atoms with Crippen LogP contribution in [0.5, 0.6) is 0 Å². The van der Waals surface area contributed by atoms with E-state index in [2.05, 4.69) is 5.32 Å². The number of hydrogen-bond acceptors (Lipinski definition) is 2. The molecular formula is C22H30Cl2N2O2. The predicted octanol–water partition coefficient (Wildman–Crippen LogP) is 5.23. The first-order valence-corrected chi connectivity index (χ1v) is 11.4. The van der Waals surface area contributed by atoms with Crippen molar-refractivity contribution in [3.63, 3.8) is 0 Å². The maximum Gasteiger partial charge on any atom is 0.247 e. The summed E-state index contributed by atoms with van der Waals surface area (Å²) in [6.45, 7) is 0. The van der Waals surface area contributed by atoms with E-state index in [9.17, 15) is 9.59 Å². The van der Waals surface area contributed by atoms with Gasteiger partial charge < -0.3 is 10.2 Å². The number of carbonyl (C=O) groups excluding carboxylic acids is 2. The van der Waals surface area contributed by atoms with Crippen LogP contribution in [-0.4, -0.2) is 34.7 Å². The van der Waals surface area contributed by atoms with Crippen molar-refractivity contribution in [3.05, 3.63) is 34.9 Å². The molecule has 4 nitrogen and oxygen atoms in total. The third-order valence-corrected chi connectivity index (χ3v) is 6.51. The molecule has 1 atom stereocenters. The maximum atomic E-state index is 13.4. The van der Waals surface area contributed by atoms with Gasteiger partial charge in [-0.25, -0.2) is 0 Å². The minimum atomic E-state index is -0.659. The average Bonchev–Trinajstić information content (AvgIpc) is 2.73. The van der Waals surface area contributed by atoms with Crippen LogP contribution in [0.15, 0.2) is 24.3 Å². The largest absolute Gasteiger partial charge is 0.351 e. The fraction of sp³-hybridized carbons (Fsp3) is 0.636. The van der Waals surface area contributed by atoms with Gasteiger partial charge in [-0.15, -0.1) is 11.6 Å². The standard InChI is InChI=1S/C22H30Cl2N2O2/c23-15-20(27)26(19-9-5-2-6-10-19)21(16-11-13-17(24)14-12-16)22(28)25-18-7-3-1-4-8-18/h11-14,18-19,21H,1-10,15H2,(H,25,28)/t21-/m0/s1. The molecule has 0 aliphatic heterocycles. The molecule has 0 spiro atoms. The summed E-state index contributed by atoms with van der Waals surface area (Å²) in [5.74, 6) is -0.386. The molecule has 0 heterocycles. The topological polar surface area (TPSA) is 49.4 Å². The number of halogens is 2. The summed E-state index contributed by atoms with van der Waals surface area (Å²) in [6.07, 6.45) is 10.7. The van der Waals surface area contributed by atoms with E-state index < -0.39 is 6.04 Å². The average molecular weight is 425 g/mol. The van der Waals surface area contributed by atoms with Crippen LogP contribution >= 0.6 is 23.2 Å². The Morgan fingerprint density at radius 1 is 0.964 bits per heavy atom. The Balaban J connectivity index is 1.90. The quantitative estimate of drug-likeness (QED) is 0.635. The highest BCUT2D eigenvalue weighted by atomic mass is 35.5. The zero-order valence-electron chi connectivity index (χ0n) is 16.3. The molecule has 2 saturated carbocycles. The summed E-state index contributed by atoms with van der Waals surface area (Å²) in [7, 11) is 0. The van der Waals surface area contributed by atoms with E-state index in [4.69, 9.17) is 23.2 Å². The van der Waals surface area contributed by atoms with Gasteiger partial charge in [0.25, 0.3) is 0 Å².